The Hall–Kier alpha value is -5.76. The zero-order chi connectivity index (χ0) is 30.9. The van der Waals surface area contributed by atoms with Crippen LogP contribution in [0, 0.1) is 0 Å². The topological polar surface area (TPSA) is 0 Å². The van der Waals surface area contributed by atoms with Gasteiger partial charge in [-0.15, -0.1) is 11.3 Å². The lowest BCUT2D eigenvalue weighted by molar-refractivity contribution is 1.63. The van der Waals surface area contributed by atoms with E-state index >= 15 is 0 Å². The highest BCUT2D eigenvalue weighted by molar-refractivity contribution is 7.26. The number of hydrogen-bond acceptors (Lipinski definition) is 1. The molecular formula is C46H28S. The first-order valence-electron chi connectivity index (χ1n) is 16.2. The van der Waals surface area contributed by atoms with E-state index in [9.17, 15) is 0 Å². The van der Waals surface area contributed by atoms with Crippen molar-refractivity contribution >= 4 is 74.6 Å². The van der Waals surface area contributed by atoms with E-state index in [0.29, 0.717) is 0 Å². The predicted octanol–water partition coefficient (Wildman–Crippen LogP) is 13.7. The molecule has 0 aliphatic carbocycles. The monoisotopic (exact) mass is 612 g/mol. The van der Waals surface area contributed by atoms with Gasteiger partial charge >= 0.3 is 0 Å². The smallest absolute Gasteiger partial charge is 0.0361 e. The molecule has 0 amide bonds. The van der Waals surface area contributed by atoms with Gasteiger partial charge in [-0.25, -0.2) is 0 Å². The van der Waals surface area contributed by atoms with Gasteiger partial charge in [-0.05, 0) is 101 Å². The largest absolute Gasteiger partial charge is 0.135 e. The molecule has 0 aliphatic rings. The van der Waals surface area contributed by atoms with Crippen LogP contribution in [0.5, 0.6) is 0 Å². The Morgan fingerprint density at radius 3 is 1.57 bits per heavy atom. The number of thiophene rings is 1. The quantitative estimate of drug-likeness (QED) is 0.174. The second-order valence-electron chi connectivity index (χ2n) is 12.4. The maximum atomic E-state index is 2.40. The molecule has 0 saturated heterocycles. The SMILES string of the molecule is c1cc(-c2ccc3sc4ccc5ccccc5c4c3c2)cc(-c2c3ccccc3c(-c3cccc4ccccc34)c3ccccc23)c1. The van der Waals surface area contributed by atoms with Gasteiger partial charge in [0.15, 0.2) is 0 Å². The van der Waals surface area contributed by atoms with Crippen LogP contribution in [0.15, 0.2) is 170 Å². The Balaban J connectivity index is 1.22. The van der Waals surface area contributed by atoms with Gasteiger partial charge in [0.25, 0.3) is 0 Å². The molecule has 0 atom stereocenters. The molecule has 0 unspecified atom stereocenters. The molecule has 0 N–H and O–H groups in total. The van der Waals surface area contributed by atoms with E-state index in [1.165, 1.54) is 96.6 Å². The van der Waals surface area contributed by atoms with Gasteiger partial charge < -0.3 is 0 Å². The van der Waals surface area contributed by atoms with Crippen molar-refractivity contribution in [2.75, 3.05) is 0 Å². The Morgan fingerprint density at radius 2 is 0.830 bits per heavy atom. The molecule has 0 spiro atoms. The van der Waals surface area contributed by atoms with E-state index in [2.05, 4.69) is 170 Å². The third kappa shape index (κ3) is 4.07. The molecule has 218 valence electrons. The average Bonchev–Trinajstić information content (AvgIpc) is 3.52. The van der Waals surface area contributed by atoms with Crippen molar-refractivity contribution in [2.24, 2.45) is 0 Å². The highest BCUT2D eigenvalue weighted by Gasteiger charge is 2.18. The fourth-order valence-corrected chi connectivity index (χ4v) is 8.86. The van der Waals surface area contributed by atoms with Gasteiger partial charge in [0.2, 0.25) is 0 Å². The maximum absolute atomic E-state index is 2.40. The predicted molar refractivity (Wildman–Crippen MR) is 206 cm³/mol. The lowest BCUT2D eigenvalue weighted by Crippen LogP contribution is -1.92. The molecule has 0 bridgehead atoms. The first-order valence-corrected chi connectivity index (χ1v) is 17.0. The van der Waals surface area contributed by atoms with Crippen molar-refractivity contribution < 1.29 is 0 Å². The van der Waals surface area contributed by atoms with E-state index in [1.54, 1.807) is 0 Å². The Morgan fingerprint density at radius 1 is 0.298 bits per heavy atom. The summed E-state index contributed by atoms with van der Waals surface area (Å²) in [6.07, 6.45) is 0. The fraction of sp³-hybridized carbons (Fsp3) is 0. The lowest BCUT2D eigenvalue weighted by atomic mass is 9.84. The summed E-state index contributed by atoms with van der Waals surface area (Å²) < 4.78 is 2.67. The molecule has 1 heteroatoms. The first kappa shape index (κ1) is 26.5. The van der Waals surface area contributed by atoms with Crippen LogP contribution < -0.4 is 0 Å². The van der Waals surface area contributed by atoms with E-state index in [4.69, 9.17) is 0 Å². The summed E-state index contributed by atoms with van der Waals surface area (Å²) in [7, 11) is 0. The van der Waals surface area contributed by atoms with Crippen molar-refractivity contribution in [2.45, 2.75) is 0 Å². The number of benzene rings is 9. The van der Waals surface area contributed by atoms with Crippen LogP contribution in [0.4, 0.5) is 0 Å². The molecule has 1 heterocycles. The molecule has 47 heavy (non-hydrogen) atoms. The van der Waals surface area contributed by atoms with Gasteiger partial charge in [0, 0.05) is 20.2 Å². The zero-order valence-corrected chi connectivity index (χ0v) is 26.4. The summed E-state index contributed by atoms with van der Waals surface area (Å²) in [6.45, 7) is 0. The van der Waals surface area contributed by atoms with Gasteiger partial charge in [-0.1, -0.05) is 146 Å². The molecular weight excluding hydrogens is 585 g/mol. The molecule has 0 saturated carbocycles. The van der Waals surface area contributed by atoms with Gasteiger partial charge in [0.05, 0.1) is 0 Å². The maximum Gasteiger partial charge on any atom is 0.0361 e. The molecule has 0 aliphatic heterocycles. The van der Waals surface area contributed by atoms with Crippen molar-refractivity contribution in [1.29, 1.82) is 0 Å². The Kier molecular flexibility index (Phi) is 5.85. The van der Waals surface area contributed by atoms with Crippen LogP contribution in [0.1, 0.15) is 0 Å². The number of rotatable bonds is 3. The third-order valence-corrected chi connectivity index (χ3v) is 11.0. The van der Waals surface area contributed by atoms with Crippen molar-refractivity contribution in [3.8, 4) is 33.4 Å². The summed E-state index contributed by atoms with van der Waals surface area (Å²) in [5.41, 5.74) is 7.58. The van der Waals surface area contributed by atoms with Crippen LogP contribution in [-0.4, -0.2) is 0 Å². The fourth-order valence-electron chi connectivity index (χ4n) is 7.75. The molecule has 10 aromatic rings. The van der Waals surface area contributed by atoms with Gasteiger partial charge in [-0.3, -0.25) is 0 Å². The van der Waals surface area contributed by atoms with Crippen LogP contribution >= 0.6 is 11.3 Å². The third-order valence-electron chi connectivity index (χ3n) is 9.83. The Labute approximate surface area is 276 Å². The van der Waals surface area contributed by atoms with Crippen LogP contribution in [0.2, 0.25) is 0 Å². The van der Waals surface area contributed by atoms with Crippen molar-refractivity contribution in [3.05, 3.63) is 170 Å². The summed E-state index contributed by atoms with van der Waals surface area (Å²) in [4.78, 5) is 0. The van der Waals surface area contributed by atoms with Crippen molar-refractivity contribution in [1.82, 2.24) is 0 Å². The second-order valence-corrected chi connectivity index (χ2v) is 13.5. The van der Waals surface area contributed by atoms with E-state index in [-0.39, 0.29) is 0 Å². The highest BCUT2D eigenvalue weighted by Crippen LogP contribution is 2.46. The van der Waals surface area contributed by atoms with Gasteiger partial charge in [0.1, 0.15) is 0 Å². The number of hydrogen-bond donors (Lipinski definition) is 0. The summed E-state index contributed by atoms with van der Waals surface area (Å²) in [5.74, 6) is 0. The normalized spacial score (nSPS) is 11.8. The molecule has 9 aromatic carbocycles. The highest BCUT2D eigenvalue weighted by atomic mass is 32.1. The first-order chi connectivity index (χ1) is 23.3. The minimum absolute atomic E-state index is 1.23. The summed E-state index contributed by atoms with van der Waals surface area (Å²) in [6, 6.07) is 62.7. The van der Waals surface area contributed by atoms with Crippen LogP contribution in [0.3, 0.4) is 0 Å². The van der Waals surface area contributed by atoms with Crippen LogP contribution in [0.25, 0.3) is 96.6 Å². The summed E-state index contributed by atoms with van der Waals surface area (Å²) in [5, 5.41) is 13.0. The molecule has 0 nitrogen and oxygen atoms in total. The van der Waals surface area contributed by atoms with Crippen molar-refractivity contribution in [3.63, 3.8) is 0 Å². The molecule has 10 rings (SSSR count). The standard InChI is InChI=1S/C46H28S/c1-3-16-34-29(11-1)13-10-22-36(34)45-39-20-7-5-18-37(39)44(38-19-6-8-21-40(38)45)33-15-9-14-31(27-33)32-24-25-42-41(28-32)46-35-17-4-2-12-30(35)23-26-43(46)47-42/h1-28H. The molecule has 0 fully saturated rings. The van der Waals surface area contributed by atoms with E-state index in [1.807, 2.05) is 11.3 Å². The van der Waals surface area contributed by atoms with E-state index in [0.717, 1.165) is 0 Å². The Bertz CT molecular complexity index is 2790. The average molecular weight is 613 g/mol. The van der Waals surface area contributed by atoms with E-state index < -0.39 is 0 Å². The molecule has 0 radical (unpaired) electrons. The van der Waals surface area contributed by atoms with Crippen LogP contribution in [-0.2, 0) is 0 Å². The summed E-state index contributed by atoms with van der Waals surface area (Å²) >= 11 is 1.88. The minimum atomic E-state index is 1.23. The number of fused-ring (bicyclic) bond motifs is 8. The zero-order valence-electron chi connectivity index (χ0n) is 25.6. The second kappa shape index (κ2) is 10.4. The lowest BCUT2D eigenvalue weighted by Gasteiger charge is -2.19. The minimum Gasteiger partial charge on any atom is -0.135 e. The van der Waals surface area contributed by atoms with Gasteiger partial charge in [-0.2, -0.15) is 0 Å². The molecule has 1 aromatic heterocycles.